The van der Waals surface area contributed by atoms with Crippen molar-refractivity contribution in [3.05, 3.63) is 59.2 Å². The number of aliphatic hydroxyl groups is 1. The fourth-order valence-electron chi connectivity index (χ4n) is 3.15. The van der Waals surface area contributed by atoms with Crippen LogP contribution in [0.15, 0.2) is 42.5 Å². The molecule has 0 spiro atoms. The Balaban J connectivity index is 2.22. The fourth-order valence-corrected chi connectivity index (χ4v) is 3.15. The lowest BCUT2D eigenvalue weighted by molar-refractivity contribution is -0.0731. The van der Waals surface area contributed by atoms with Crippen molar-refractivity contribution < 1.29 is 14.6 Å². The predicted octanol–water partition coefficient (Wildman–Crippen LogP) is 2.39. The molecule has 1 aliphatic heterocycles. The first-order chi connectivity index (χ1) is 10.6. The third-order valence-electron chi connectivity index (χ3n) is 4.43. The number of hydrogen-bond acceptors (Lipinski definition) is 4. The second-order valence-electron chi connectivity index (χ2n) is 5.57. The lowest BCUT2D eigenvalue weighted by Gasteiger charge is -2.43. The van der Waals surface area contributed by atoms with Crippen LogP contribution in [0.4, 0.5) is 0 Å². The summed E-state index contributed by atoms with van der Waals surface area (Å²) in [6.45, 7) is 0.772. The maximum absolute atomic E-state index is 11.5. The lowest BCUT2D eigenvalue weighted by Crippen LogP contribution is -2.49. The maximum atomic E-state index is 11.5. The lowest BCUT2D eigenvalue weighted by atomic mass is 9.84. The molecule has 1 atom stereocenters. The van der Waals surface area contributed by atoms with Gasteiger partial charge in [0.05, 0.1) is 14.2 Å². The molecule has 0 radical (unpaired) electrons. The van der Waals surface area contributed by atoms with E-state index in [1.165, 1.54) is 0 Å². The Morgan fingerprint density at radius 2 is 1.68 bits per heavy atom. The van der Waals surface area contributed by atoms with Gasteiger partial charge in [0, 0.05) is 17.7 Å². The molecule has 1 aliphatic rings. The Morgan fingerprint density at radius 1 is 1.05 bits per heavy atom. The molecular weight excluding hydrogens is 278 g/mol. The highest BCUT2D eigenvalue weighted by molar-refractivity contribution is 5.52. The first kappa shape index (κ1) is 14.9. The monoisotopic (exact) mass is 299 g/mol. The molecule has 0 amide bonds. The van der Waals surface area contributed by atoms with Gasteiger partial charge in [0.2, 0.25) is 0 Å². The number of nitrogens with zero attached hydrogens (tertiary/aromatic N) is 1. The van der Waals surface area contributed by atoms with E-state index in [9.17, 15) is 5.11 Å². The minimum absolute atomic E-state index is 0.630. The Labute approximate surface area is 130 Å². The summed E-state index contributed by atoms with van der Waals surface area (Å²) >= 11 is 0. The SMILES string of the molecule is COc1cc2c(cc1OC)C(O)(c1ccccc1)N(C)CC2. The quantitative estimate of drug-likeness (QED) is 0.945. The van der Waals surface area contributed by atoms with E-state index in [4.69, 9.17) is 9.47 Å². The molecule has 4 heteroatoms. The summed E-state index contributed by atoms with van der Waals surface area (Å²) < 4.78 is 10.8. The van der Waals surface area contributed by atoms with Crippen molar-refractivity contribution in [2.75, 3.05) is 27.8 Å². The van der Waals surface area contributed by atoms with Crippen LogP contribution in [0.2, 0.25) is 0 Å². The average molecular weight is 299 g/mol. The molecule has 0 aliphatic carbocycles. The van der Waals surface area contributed by atoms with E-state index in [1.807, 2.05) is 54.4 Å². The standard InChI is InChI=1S/C18H21NO3/c1-19-10-9-13-11-16(21-2)17(22-3)12-15(13)18(19,20)14-7-5-4-6-8-14/h4-8,11-12,20H,9-10H2,1-3H3. The van der Waals surface area contributed by atoms with Crippen molar-refractivity contribution in [3.8, 4) is 11.5 Å². The van der Waals surface area contributed by atoms with Crippen LogP contribution in [0, 0.1) is 0 Å². The normalized spacial score (nSPS) is 21.3. The van der Waals surface area contributed by atoms with Gasteiger partial charge in [-0.1, -0.05) is 30.3 Å². The Kier molecular flexibility index (Phi) is 3.81. The van der Waals surface area contributed by atoms with E-state index >= 15 is 0 Å². The molecule has 3 rings (SSSR count). The summed E-state index contributed by atoms with van der Waals surface area (Å²) in [6.07, 6.45) is 0.862. The zero-order valence-corrected chi connectivity index (χ0v) is 13.2. The van der Waals surface area contributed by atoms with Gasteiger partial charge in [-0.3, -0.25) is 4.90 Å². The molecule has 1 heterocycles. The average Bonchev–Trinajstić information content (AvgIpc) is 2.58. The van der Waals surface area contributed by atoms with E-state index < -0.39 is 5.72 Å². The number of benzene rings is 2. The van der Waals surface area contributed by atoms with Gasteiger partial charge in [0.1, 0.15) is 0 Å². The topological polar surface area (TPSA) is 41.9 Å². The van der Waals surface area contributed by atoms with Crippen molar-refractivity contribution in [3.63, 3.8) is 0 Å². The smallest absolute Gasteiger partial charge is 0.171 e. The third kappa shape index (κ3) is 2.16. The fraction of sp³-hybridized carbons (Fsp3) is 0.333. The second-order valence-corrected chi connectivity index (χ2v) is 5.57. The van der Waals surface area contributed by atoms with Crippen molar-refractivity contribution in [2.45, 2.75) is 12.1 Å². The highest BCUT2D eigenvalue weighted by Crippen LogP contribution is 2.42. The number of ether oxygens (including phenoxy) is 2. The zero-order valence-electron chi connectivity index (χ0n) is 13.2. The van der Waals surface area contributed by atoms with Crippen molar-refractivity contribution in [1.29, 1.82) is 0 Å². The molecule has 22 heavy (non-hydrogen) atoms. The number of fused-ring (bicyclic) bond motifs is 1. The molecular formula is C18H21NO3. The zero-order chi connectivity index (χ0) is 15.7. The van der Waals surface area contributed by atoms with Crippen molar-refractivity contribution >= 4 is 0 Å². The summed E-state index contributed by atoms with van der Waals surface area (Å²) in [6, 6.07) is 13.6. The van der Waals surface area contributed by atoms with Crippen LogP contribution in [-0.2, 0) is 12.1 Å². The summed E-state index contributed by atoms with van der Waals surface area (Å²) in [7, 11) is 5.17. The molecule has 0 bridgehead atoms. The van der Waals surface area contributed by atoms with Crippen molar-refractivity contribution in [2.24, 2.45) is 0 Å². The third-order valence-corrected chi connectivity index (χ3v) is 4.43. The molecule has 0 fully saturated rings. The number of rotatable bonds is 3. The molecule has 116 valence electrons. The van der Waals surface area contributed by atoms with Crippen LogP contribution in [0.1, 0.15) is 16.7 Å². The number of hydrogen-bond donors (Lipinski definition) is 1. The highest BCUT2D eigenvalue weighted by atomic mass is 16.5. The Morgan fingerprint density at radius 3 is 2.32 bits per heavy atom. The largest absolute Gasteiger partial charge is 0.493 e. The summed E-state index contributed by atoms with van der Waals surface area (Å²) in [5, 5.41) is 11.5. The number of methoxy groups -OCH3 is 2. The minimum Gasteiger partial charge on any atom is -0.493 e. The molecule has 2 aromatic rings. The highest BCUT2D eigenvalue weighted by Gasteiger charge is 2.41. The molecule has 0 saturated heterocycles. The molecule has 1 unspecified atom stereocenters. The van der Waals surface area contributed by atoms with Gasteiger partial charge in [-0.25, -0.2) is 0 Å². The van der Waals surface area contributed by atoms with Gasteiger partial charge in [-0.05, 0) is 31.2 Å². The number of likely N-dealkylation sites (N-methyl/N-ethyl adjacent to an activating group) is 1. The molecule has 4 nitrogen and oxygen atoms in total. The van der Waals surface area contributed by atoms with Crippen LogP contribution >= 0.6 is 0 Å². The van der Waals surface area contributed by atoms with E-state index in [0.29, 0.717) is 11.5 Å². The van der Waals surface area contributed by atoms with Crippen molar-refractivity contribution in [1.82, 2.24) is 4.90 Å². The van der Waals surface area contributed by atoms with Gasteiger partial charge < -0.3 is 14.6 Å². The molecule has 0 aromatic heterocycles. The van der Waals surface area contributed by atoms with Gasteiger partial charge >= 0.3 is 0 Å². The van der Waals surface area contributed by atoms with E-state index in [0.717, 1.165) is 29.7 Å². The van der Waals surface area contributed by atoms with Gasteiger partial charge in [-0.2, -0.15) is 0 Å². The second kappa shape index (κ2) is 5.63. The first-order valence-electron chi connectivity index (χ1n) is 7.35. The van der Waals surface area contributed by atoms with E-state index in [1.54, 1.807) is 14.2 Å². The Bertz CT molecular complexity index is 672. The van der Waals surface area contributed by atoms with E-state index in [-0.39, 0.29) is 0 Å². The summed E-state index contributed by atoms with van der Waals surface area (Å²) in [5.74, 6) is 1.33. The first-order valence-corrected chi connectivity index (χ1v) is 7.35. The van der Waals surface area contributed by atoms with Crippen LogP contribution < -0.4 is 9.47 Å². The van der Waals surface area contributed by atoms with Gasteiger partial charge in [-0.15, -0.1) is 0 Å². The minimum atomic E-state index is -1.16. The van der Waals surface area contributed by atoms with Crippen LogP contribution in [0.25, 0.3) is 0 Å². The predicted molar refractivity (Wildman–Crippen MR) is 85.3 cm³/mol. The van der Waals surface area contributed by atoms with E-state index in [2.05, 4.69) is 0 Å². The molecule has 0 saturated carbocycles. The summed E-state index contributed by atoms with van der Waals surface area (Å²) in [5.41, 5.74) is 1.63. The molecule has 2 aromatic carbocycles. The Hall–Kier alpha value is -2.04. The summed E-state index contributed by atoms with van der Waals surface area (Å²) in [4.78, 5) is 1.97. The molecule has 1 N–H and O–H groups in total. The van der Waals surface area contributed by atoms with Gasteiger partial charge in [0.25, 0.3) is 0 Å². The van der Waals surface area contributed by atoms with Crippen LogP contribution in [-0.4, -0.2) is 37.8 Å². The van der Waals surface area contributed by atoms with Crippen LogP contribution in [0.5, 0.6) is 11.5 Å². The van der Waals surface area contributed by atoms with Gasteiger partial charge in [0.15, 0.2) is 17.2 Å². The maximum Gasteiger partial charge on any atom is 0.171 e. The van der Waals surface area contributed by atoms with Crippen LogP contribution in [0.3, 0.4) is 0 Å².